The number of pyridine rings is 1. The van der Waals surface area contributed by atoms with Crippen molar-refractivity contribution in [3.8, 4) is 11.1 Å². The molecule has 1 aromatic heterocycles. The average Bonchev–Trinajstić information content (AvgIpc) is 2.47. The summed E-state index contributed by atoms with van der Waals surface area (Å²) in [7, 11) is 0. The average molecular weight is 249 g/mol. The maximum Gasteiger partial charge on any atom is 0.248 e. The quantitative estimate of drug-likeness (QED) is 0.737. The van der Waals surface area contributed by atoms with Crippen molar-refractivity contribution in [2.45, 2.75) is 13.3 Å². The standard InChI is InChI=1S/C17H15NO/c1-2-12-3-5-13(6-4-12)14-7-9-16-15(11-14)8-10-17(19)18-16/h3-11H,2H2,1H3,(H,18,19). The summed E-state index contributed by atoms with van der Waals surface area (Å²) in [5.41, 5.74) is 4.52. The molecule has 0 saturated heterocycles. The van der Waals surface area contributed by atoms with Gasteiger partial charge in [-0.1, -0.05) is 37.3 Å². The summed E-state index contributed by atoms with van der Waals surface area (Å²) < 4.78 is 0. The number of rotatable bonds is 2. The number of hydrogen-bond acceptors (Lipinski definition) is 1. The lowest BCUT2D eigenvalue weighted by atomic mass is 10.0. The first kappa shape index (κ1) is 11.7. The first-order valence-electron chi connectivity index (χ1n) is 6.48. The first-order valence-corrected chi connectivity index (χ1v) is 6.48. The Balaban J connectivity index is 2.09. The molecule has 0 amide bonds. The number of aromatic amines is 1. The number of nitrogens with one attached hydrogen (secondary N) is 1. The molecule has 19 heavy (non-hydrogen) atoms. The molecule has 2 aromatic carbocycles. The van der Waals surface area contributed by atoms with Crippen LogP contribution in [0.5, 0.6) is 0 Å². The zero-order chi connectivity index (χ0) is 13.2. The molecular formula is C17H15NO. The number of fused-ring (bicyclic) bond motifs is 1. The van der Waals surface area contributed by atoms with Gasteiger partial charge in [-0.05, 0) is 46.7 Å². The van der Waals surface area contributed by atoms with Gasteiger partial charge in [0.1, 0.15) is 0 Å². The van der Waals surface area contributed by atoms with E-state index in [0.717, 1.165) is 17.3 Å². The van der Waals surface area contributed by atoms with Crippen LogP contribution in [0.1, 0.15) is 12.5 Å². The second kappa shape index (κ2) is 4.73. The van der Waals surface area contributed by atoms with E-state index in [1.165, 1.54) is 16.7 Å². The molecule has 0 aliphatic carbocycles. The van der Waals surface area contributed by atoms with Crippen molar-refractivity contribution < 1.29 is 0 Å². The minimum absolute atomic E-state index is 0.0625. The van der Waals surface area contributed by atoms with Gasteiger partial charge in [0.25, 0.3) is 0 Å². The van der Waals surface area contributed by atoms with Crippen LogP contribution in [0.25, 0.3) is 22.0 Å². The molecule has 0 saturated carbocycles. The lowest BCUT2D eigenvalue weighted by Gasteiger charge is -2.05. The lowest BCUT2D eigenvalue weighted by Crippen LogP contribution is -2.01. The second-order valence-corrected chi connectivity index (χ2v) is 4.68. The van der Waals surface area contributed by atoms with Crippen LogP contribution < -0.4 is 5.56 Å². The van der Waals surface area contributed by atoms with E-state index in [2.05, 4.69) is 42.2 Å². The first-order chi connectivity index (χ1) is 9.26. The van der Waals surface area contributed by atoms with Crippen molar-refractivity contribution in [1.82, 2.24) is 4.98 Å². The van der Waals surface area contributed by atoms with E-state index in [0.29, 0.717) is 0 Å². The van der Waals surface area contributed by atoms with Crippen molar-refractivity contribution >= 4 is 10.9 Å². The summed E-state index contributed by atoms with van der Waals surface area (Å²) >= 11 is 0. The normalized spacial score (nSPS) is 10.8. The highest BCUT2D eigenvalue weighted by atomic mass is 16.1. The summed E-state index contributed by atoms with van der Waals surface area (Å²) in [6.07, 6.45) is 1.05. The number of benzene rings is 2. The Bertz CT molecular complexity index is 769. The fraction of sp³-hybridized carbons (Fsp3) is 0.118. The molecule has 2 nitrogen and oxygen atoms in total. The smallest absolute Gasteiger partial charge is 0.248 e. The van der Waals surface area contributed by atoms with E-state index >= 15 is 0 Å². The molecule has 0 unspecified atom stereocenters. The van der Waals surface area contributed by atoms with Gasteiger partial charge in [-0.3, -0.25) is 4.79 Å². The molecule has 0 aliphatic rings. The molecule has 0 spiro atoms. The molecule has 0 fully saturated rings. The molecule has 3 rings (SSSR count). The van der Waals surface area contributed by atoms with Crippen molar-refractivity contribution in [3.05, 3.63) is 70.5 Å². The SMILES string of the molecule is CCc1ccc(-c2ccc3[nH]c(=O)ccc3c2)cc1. The molecule has 0 bridgehead atoms. The van der Waals surface area contributed by atoms with Crippen molar-refractivity contribution in [2.75, 3.05) is 0 Å². The molecule has 94 valence electrons. The van der Waals surface area contributed by atoms with Crippen LogP contribution in [0.2, 0.25) is 0 Å². The van der Waals surface area contributed by atoms with Gasteiger partial charge in [-0.15, -0.1) is 0 Å². The Labute approximate surface area is 111 Å². The Morgan fingerprint density at radius 2 is 1.63 bits per heavy atom. The van der Waals surface area contributed by atoms with E-state index in [-0.39, 0.29) is 5.56 Å². The lowest BCUT2D eigenvalue weighted by molar-refractivity contribution is 1.14. The third kappa shape index (κ3) is 2.29. The van der Waals surface area contributed by atoms with Gasteiger partial charge in [0.2, 0.25) is 5.56 Å². The van der Waals surface area contributed by atoms with Crippen LogP contribution in [-0.4, -0.2) is 4.98 Å². The summed E-state index contributed by atoms with van der Waals surface area (Å²) in [5.74, 6) is 0. The predicted molar refractivity (Wildman–Crippen MR) is 79.4 cm³/mol. The zero-order valence-corrected chi connectivity index (χ0v) is 10.8. The minimum atomic E-state index is -0.0625. The Morgan fingerprint density at radius 3 is 2.37 bits per heavy atom. The molecule has 1 N–H and O–H groups in total. The monoisotopic (exact) mass is 249 g/mol. The second-order valence-electron chi connectivity index (χ2n) is 4.68. The number of H-pyrrole nitrogens is 1. The molecule has 0 atom stereocenters. The number of hydrogen-bond donors (Lipinski definition) is 1. The maximum absolute atomic E-state index is 11.3. The Morgan fingerprint density at radius 1 is 0.895 bits per heavy atom. The number of aromatic nitrogens is 1. The zero-order valence-electron chi connectivity index (χ0n) is 10.8. The molecule has 3 aromatic rings. The fourth-order valence-corrected chi connectivity index (χ4v) is 2.27. The highest BCUT2D eigenvalue weighted by Crippen LogP contribution is 2.23. The molecule has 0 aliphatic heterocycles. The maximum atomic E-state index is 11.3. The Kier molecular flexibility index (Phi) is 2.92. The van der Waals surface area contributed by atoms with Crippen LogP contribution in [0.3, 0.4) is 0 Å². The van der Waals surface area contributed by atoms with Gasteiger partial charge in [-0.25, -0.2) is 0 Å². The van der Waals surface area contributed by atoms with E-state index in [1.807, 2.05) is 18.2 Å². The molecule has 2 heteroatoms. The number of aryl methyl sites for hydroxylation is 1. The topological polar surface area (TPSA) is 32.9 Å². The van der Waals surface area contributed by atoms with Crippen molar-refractivity contribution in [2.24, 2.45) is 0 Å². The van der Waals surface area contributed by atoms with Crippen LogP contribution >= 0.6 is 0 Å². The van der Waals surface area contributed by atoms with Gasteiger partial charge in [0.05, 0.1) is 0 Å². The van der Waals surface area contributed by atoms with E-state index in [4.69, 9.17) is 0 Å². The highest BCUT2D eigenvalue weighted by Gasteiger charge is 2.00. The largest absolute Gasteiger partial charge is 0.322 e. The van der Waals surface area contributed by atoms with Gasteiger partial charge in [0.15, 0.2) is 0 Å². The molecular weight excluding hydrogens is 234 g/mol. The van der Waals surface area contributed by atoms with Gasteiger partial charge >= 0.3 is 0 Å². The molecule has 1 heterocycles. The minimum Gasteiger partial charge on any atom is -0.322 e. The summed E-state index contributed by atoms with van der Waals surface area (Å²) in [6.45, 7) is 2.15. The third-order valence-electron chi connectivity index (χ3n) is 3.42. The van der Waals surface area contributed by atoms with Gasteiger partial charge in [0, 0.05) is 11.6 Å². The molecule has 0 radical (unpaired) electrons. The van der Waals surface area contributed by atoms with Crippen LogP contribution in [0.15, 0.2) is 59.4 Å². The fourth-order valence-electron chi connectivity index (χ4n) is 2.27. The van der Waals surface area contributed by atoms with Crippen LogP contribution in [0, 0.1) is 0 Å². The van der Waals surface area contributed by atoms with Crippen LogP contribution in [0.4, 0.5) is 0 Å². The summed E-state index contributed by atoms with van der Waals surface area (Å²) in [5, 5.41) is 1.05. The predicted octanol–water partition coefficient (Wildman–Crippen LogP) is 3.76. The van der Waals surface area contributed by atoms with E-state index in [1.54, 1.807) is 6.07 Å². The Hall–Kier alpha value is -2.35. The highest BCUT2D eigenvalue weighted by molar-refractivity contribution is 5.84. The van der Waals surface area contributed by atoms with Gasteiger partial charge < -0.3 is 4.98 Å². The van der Waals surface area contributed by atoms with E-state index in [9.17, 15) is 4.79 Å². The summed E-state index contributed by atoms with van der Waals surface area (Å²) in [6, 6.07) is 18.1. The van der Waals surface area contributed by atoms with Crippen LogP contribution in [-0.2, 0) is 6.42 Å². The van der Waals surface area contributed by atoms with Crippen molar-refractivity contribution in [1.29, 1.82) is 0 Å². The summed E-state index contributed by atoms with van der Waals surface area (Å²) in [4.78, 5) is 14.1. The van der Waals surface area contributed by atoms with Gasteiger partial charge in [-0.2, -0.15) is 0 Å². The van der Waals surface area contributed by atoms with Crippen molar-refractivity contribution in [3.63, 3.8) is 0 Å². The third-order valence-corrected chi connectivity index (χ3v) is 3.42. The van der Waals surface area contributed by atoms with E-state index < -0.39 is 0 Å².